The summed E-state index contributed by atoms with van der Waals surface area (Å²) in [5, 5.41) is 18.7. The van der Waals surface area contributed by atoms with Gasteiger partial charge in [0.15, 0.2) is 5.65 Å². The molecule has 10 nitrogen and oxygen atoms in total. The molecule has 0 radical (unpaired) electrons. The summed E-state index contributed by atoms with van der Waals surface area (Å²) < 4.78 is 1.75. The van der Waals surface area contributed by atoms with Gasteiger partial charge in [-0.05, 0) is 50.2 Å². The molecular formula is C25H31N9O. The van der Waals surface area contributed by atoms with Gasteiger partial charge in [-0.3, -0.25) is 9.89 Å². The first kappa shape index (κ1) is 23.1. The minimum absolute atomic E-state index is 0.0937. The zero-order valence-corrected chi connectivity index (χ0v) is 20.3. The first-order chi connectivity index (χ1) is 17.0. The molecule has 0 unspecified atom stereocenters. The van der Waals surface area contributed by atoms with E-state index in [1.54, 1.807) is 17.2 Å². The highest BCUT2D eigenvalue weighted by Gasteiger charge is 2.27. The molecule has 1 fully saturated rings. The van der Waals surface area contributed by atoms with Crippen LogP contribution in [0.4, 0.5) is 0 Å². The van der Waals surface area contributed by atoms with Gasteiger partial charge in [0.05, 0.1) is 5.69 Å². The van der Waals surface area contributed by atoms with Gasteiger partial charge >= 0.3 is 0 Å². The summed E-state index contributed by atoms with van der Waals surface area (Å²) in [7, 11) is 0. The standard InChI is InChI=1S/C25H31N9O/c1-15(2)21-22(18-8-16(3)24-29-14-30-34(24)12-18)32-33-23(21)25(35)31-20-6-4-19(5-7-20)28-11-17-9-26-13-27-10-17/h8-10,12-15,19-20,28H,4-7,11H2,1-3H3,(H,31,35)(H,32,33). The van der Waals surface area contributed by atoms with Crippen LogP contribution in [0.3, 0.4) is 0 Å². The highest BCUT2D eigenvalue weighted by Crippen LogP contribution is 2.31. The summed E-state index contributed by atoms with van der Waals surface area (Å²) in [6.45, 7) is 6.93. The third-order valence-electron chi connectivity index (χ3n) is 6.71. The zero-order chi connectivity index (χ0) is 24.4. The third kappa shape index (κ3) is 4.93. The molecule has 3 N–H and O–H groups in total. The Balaban J connectivity index is 1.25. The summed E-state index contributed by atoms with van der Waals surface area (Å²) in [6.07, 6.45) is 12.6. The van der Waals surface area contributed by atoms with E-state index in [4.69, 9.17) is 0 Å². The van der Waals surface area contributed by atoms with Crippen LogP contribution in [0.15, 0.2) is 37.3 Å². The SMILES string of the molecule is Cc1cc(-c2n[nH]c(C(=O)NC3CCC(NCc4cncnc4)CC3)c2C(C)C)cn2ncnc12. The monoisotopic (exact) mass is 473 g/mol. The Morgan fingerprint density at radius 3 is 2.63 bits per heavy atom. The highest BCUT2D eigenvalue weighted by atomic mass is 16.2. The van der Waals surface area contributed by atoms with Crippen molar-refractivity contribution in [2.24, 2.45) is 0 Å². The molecule has 5 rings (SSSR count). The average Bonchev–Trinajstić information content (AvgIpc) is 3.52. The second-order valence-electron chi connectivity index (χ2n) is 9.61. The van der Waals surface area contributed by atoms with Crippen molar-refractivity contribution in [1.29, 1.82) is 0 Å². The number of aryl methyl sites for hydroxylation is 1. The van der Waals surface area contributed by atoms with E-state index in [1.165, 1.54) is 0 Å². The van der Waals surface area contributed by atoms with E-state index in [0.717, 1.165) is 65.8 Å². The first-order valence-corrected chi connectivity index (χ1v) is 12.2. The Kier molecular flexibility index (Phi) is 6.54. The number of amides is 1. The van der Waals surface area contributed by atoms with Crippen molar-refractivity contribution in [3.63, 3.8) is 0 Å². The van der Waals surface area contributed by atoms with Crippen LogP contribution in [-0.4, -0.2) is 52.8 Å². The Morgan fingerprint density at radius 1 is 1.14 bits per heavy atom. The molecule has 1 aliphatic carbocycles. The second kappa shape index (κ2) is 9.91. The molecule has 35 heavy (non-hydrogen) atoms. The van der Waals surface area contributed by atoms with E-state index in [2.05, 4.69) is 54.7 Å². The average molecular weight is 474 g/mol. The Labute approximate surface area is 204 Å². The van der Waals surface area contributed by atoms with E-state index < -0.39 is 0 Å². The molecule has 1 aliphatic rings. The lowest BCUT2D eigenvalue weighted by atomic mass is 9.90. The number of aromatic amines is 1. The lowest BCUT2D eigenvalue weighted by Crippen LogP contribution is -2.42. The molecule has 0 aromatic carbocycles. The molecule has 4 aromatic heterocycles. The quantitative estimate of drug-likeness (QED) is 0.376. The van der Waals surface area contributed by atoms with Crippen molar-refractivity contribution < 1.29 is 4.79 Å². The van der Waals surface area contributed by atoms with Gasteiger partial charge in [-0.2, -0.15) is 10.2 Å². The van der Waals surface area contributed by atoms with Gasteiger partial charge in [-0.1, -0.05) is 13.8 Å². The number of H-pyrrole nitrogens is 1. The number of pyridine rings is 1. The maximum atomic E-state index is 13.3. The van der Waals surface area contributed by atoms with E-state index in [0.29, 0.717) is 11.7 Å². The van der Waals surface area contributed by atoms with Gasteiger partial charge in [0.1, 0.15) is 18.3 Å². The maximum absolute atomic E-state index is 13.3. The molecule has 0 saturated heterocycles. The highest BCUT2D eigenvalue weighted by molar-refractivity contribution is 5.96. The molecule has 10 heteroatoms. The van der Waals surface area contributed by atoms with Crippen molar-refractivity contribution in [1.82, 2.24) is 45.4 Å². The Hall–Kier alpha value is -3.66. The number of aromatic nitrogens is 7. The van der Waals surface area contributed by atoms with Gasteiger partial charge in [-0.25, -0.2) is 19.5 Å². The fourth-order valence-electron chi connectivity index (χ4n) is 4.91. The van der Waals surface area contributed by atoms with E-state index >= 15 is 0 Å². The first-order valence-electron chi connectivity index (χ1n) is 12.2. The largest absolute Gasteiger partial charge is 0.348 e. The smallest absolute Gasteiger partial charge is 0.269 e. The number of fused-ring (bicyclic) bond motifs is 1. The number of rotatable bonds is 7. The van der Waals surface area contributed by atoms with Crippen LogP contribution in [0.5, 0.6) is 0 Å². The number of hydrogen-bond acceptors (Lipinski definition) is 7. The Bertz CT molecular complexity index is 1300. The van der Waals surface area contributed by atoms with Gasteiger partial charge in [-0.15, -0.1) is 0 Å². The minimum Gasteiger partial charge on any atom is -0.348 e. The molecule has 0 spiro atoms. The van der Waals surface area contributed by atoms with Crippen LogP contribution in [-0.2, 0) is 6.54 Å². The van der Waals surface area contributed by atoms with Crippen LogP contribution < -0.4 is 10.6 Å². The minimum atomic E-state index is -0.0937. The number of carbonyl (C=O) groups excluding carboxylic acids is 1. The van der Waals surface area contributed by atoms with Crippen LogP contribution in [0, 0.1) is 6.92 Å². The lowest BCUT2D eigenvalue weighted by Gasteiger charge is -2.29. The van der Waals surface area contributed by atoms with Crippen LogP contribution in [0.25, 0.3) is 16.9 Å². The molecular weight excluding hydrogens is 442 g/mol. The molecule has 4 aromatic rings. The molecule has 182 valence electrons. The van der Waals surface area contributed by atoms with Crippen molar-refractivity contribution in [2.45, 2.75) is 71.0 Å². The van der Waals surface area contributed by atoms with Gasteiger partial charge < -0.3 is 10.6 Å². The van der Waals surface area contributed by atoms with E-state index in [1.807, 2.05) is 31.6 Å². The Morgan fingerprint density at radius 2 is 1.89 bits per heavy atom. The number of nitrogens with one attached hydrogen (secondary N) is 3. The summed E-state index contributed by atoms with van der Waals surface area (Å²) >= 11 is 0. The number of nitrogens with zero attached hydrogens (tertiary/aromatic N) is 6. The van der Waals surface area contributed by atoms with Gasteiger partial charge in [0.2, 0.25) is 0 Å². The fraction of sp³-hybridized carbons (Fsp3) is 0.440. The molecule has 0 aliphatic heterocycles. The lowest BCUT2D eigenvalue weighted by molar-refractivity contribution is 0.0917. The zero-order valence-electron chi connectivity index (χ0n) is 20.3. The predicted octanol–water partition coefficient (Wildman–Crippen LogP) is 3.17. The summed E-state index contributed by atoms with van der Waals surface area (Å²) in [5.41, 5.74) is 6.05. The third-order valence-corrected chi connectivity index (χ3v) is 6.71. The summed E-state index contributed by atoms with van der Waals surface area (Å²) in [4.78, 5) is 25.7. The molecule has 4 heterocycles. The number of hydrogen-bond donors (Lipinski definition) is 3. The summed E-state index contributed by atoms with van der Waals surface area (Å²) in [5.74, 6) is 0.0296. The van der Waals surface area contributed by atoms with Gasteiger partial charge in [0.25, 0.3) is 5.91 Å². The van der Waals surface area contributed by atoms with Crippen LogP contribution in [0.1, 0.15) is 72.6 Å². The van der Waals surface area contributed by atoms with Crippen molar-refractivity contribution in [2.75, 3.05) is 0 Å². The van der Waals surface area contributed by atoms with Gasteiger partial charge in [0, 0.05) is 53.9 Å². The predicted molar refractivity (Wildman–Crippen MR) is 132 cm³/mol. The fourth-order valence-corrected chi connectivity index (χ4v) is 4.91. The van der Waals surface area contributed by atoms with E-state index in [9.17, 15) is 4.79 Å². The summed E-state index contributed by atoms with van der Waals surface area (Å²) in [6, 6.07) is 2.63. The molecule has 0 atom stereocenters. The molecule has 0 bridgehead atoms. The van der Waals surface area contributed by atoms with Crippen molar-refractivity contribution in [3.05, 3.63) is 59.7 Å². The van der Waals surface area contributed by atoms with Crippen LogP contribution >= 0.6 is 0 Å². The maximum Gasteiger partial charge on any atom is 0.269 e. The van der Waals surface area contributed by atoms with E-state index in [-0.39, 0.29) is 17.9 Å². The number of carbonyl (C=O) groups is 1. The normalized spacial score (nSPS) is 18.3. The van der Waals surface area contributed by atoms with Crippen LogP contribution in [0.2, 0.25) is 0 Å². The molecule has 1 amide bonds. The second-order valence-corrected chi connectivity index (χ2v) is 9.61. The van der Waals surface area contributed by atoms with Crippen molar-refractivity contribution >= 4 is 11.6 Å². The van der Waals surface area contributed by atoms with Crippen molar-refractivity contribution in [3.8, 4) is 11.3 Å². The topological polar surface area (TPSA) is 126 Å². The molecule has 1 saturated carbocycles.